The quantitative estimate of drug-likeness (QED) is 0.116. The van der Waals surface area contributed by atoms with Crippen molar-refractivity contribution in [2.75, 3.05) is 67.8 Å². The number of ether oxygens (including phenoxy) is 4. The number of nitrogens with zero attached hydrogens (tertiary/aromatic N) is 1. The van der Waals surface area contributed by atoms with Crippen molar-refractivity contribution in [2.24, 2.45) is 0 Å². The van der Waals surface area contributed by atoms with Crippen molar-refractivity contribution in [1.29, 1.82) is 0 Å². The monoisotopic (exact) mass is 432 g/mol. The summed E-state index contributed by atoms with van der Waals surface area (Å²) in [5.41, 5.74) is 0. The number of hydrogen-bond donors (Lipinski definition) is 0. The Morgan fingerprint density at radius 1 is 0.633 bits per heavy atom. The molecule has 0 heterocycles. The highest BCUT2D eigenvalue weighted by molar-refractivity contribution is 4.61. The lowest BCUT2D eigenvalue weighted by atomic mass is 10.1. The molecule has 0 fully saturated rings. The average molecular weight is 433 g/mol. The van der Waals surface area contributed by atoms with Gasteiger partial charge < -0.3 is 23.4 Å². The van der Waals surface area contributed by atoms with Crippen molar-refractivity contribution >= 4 is 0 Å². The molecule has 0 bridgehead atoms. The molecule has 5 nitrogen and oxygen atoms in total. The normalized spacial score (nSPS) is 14.2. The molecule has 0 aromatic heterocycles. The van der Waals surface area contributed by atoms with Gasteiger partial charge in [0.25, 0.3) is 0 Å². The van der Waals surface area contributed by atoms with Gasteiger partial charge in [-0.3, -0.25) is 0 Å². The summed E-state index contributed by atoms with van der Waals surface area (Å²) in [4.78, 5) is 0. The summed E-state index contributed by atoms with van der Waals surface area (Å²) >= 11 is 0. The fourth-order valence-electron chi connectivity index (χ4n) is 3.22. The van der Waals surface area contributed by atoms with E-state index in [2.05, 4.69) is 28.1 Å². The highest BCUT2D eigenvalue weighted by Gasteiger charge is 2.24. The van der Waals surface area contributed by atoms with Crippen molar-refractivity contribution in [3.63, 3.8) is 0 Å². The predicted octanol–water partition coefficient (Wildman–Crippen LogP) is 5.81. The van der Waals surface area contributed by atoms with E-state index in [0.29, 0.717) is 19.8 Å². The number of rotatable bonds is 23. The molecule has 0 aliphatic heterocycles. The van der Waals surface area contributed by atoms with E-state index in [9.17, 15) is 0 Å². The van der Waals surface area contributed by atoms with Gasteiger partial charge >= 0.3 is 0 Å². The van der Waals surface area contributed by atoms with Crippen LogP contribution in [-0.4, -0.2) is 78.1 Å². The van der Waals surface area contributed by atoms with Crippen LogP contribution in [0.2, 0.25) is 0 Å². The van der Waals surface area contributed by atoms with E-state index >= 15 is 0 Å². The first-order valence-corrected chi connectivity index (χ1v) is 12.5. The zero-order valence-electron chi connectivity index (χ0n) is 21.3. The molecule has 0 aromatic rings. The molecule has 0 amide bonds. The second-order valence-corrected chi connectivity index (χ2v) is 9.75. The third-order valence-corrected chi connectivity index (χ3v) is 5.48. The number of likely N-dealkylation sites (N-methyl/N-ethyl adjacent to an activating group) is 1. The molecule has 0 saturated heterocycles. The lowest BCUT2D eigenvalue weighted by Crippen LogP contribution is -2.39. The van der Waals surface area contributed by atoms with Crippen molar-refractivity contribution in [2.45, 2.75) is 96.7 Å². The maximum atomic E-state index is 5.85. The molecular weight excluding hydrogens is 378 g/mol. The average Bonchev–Trinajstić information content (AvgIpc) is 2.70. The molecule has 0 aliphatic carbocycles. The highest BCUT2D eigenvalue weighted by atomic mass is 16.7. The lowest BCUT2D eigenvalue weighted by Gasteiger charge is -2.28. The van der Waals surface area contributed by atoms with Gasteiger partial charge in [0.15, 0.2) is 5.79 Å². The standard InChI is InChI=1S/C25H54NO4/c1-7-8-9-10-11-12-13-14-15-16-17-18-20-29-24-25(2,27-6)30-23-22-28-21-19-26(3,4)5/h7-24H2,1-6H3/q+1. The van der Waals surface area contributed by atoms with Gasteiger partial charge in [-0.25, -0.2) is 0 Å². The van der Waals surface area contributed by atoms with Crippen molar-refractivity contribution in [3.05, 3.63) is 0 Å². The first kappa shape index (κ1) is 29.8. The van der Waals surface area contributed by atoms with Crippen molar-refractivity contribution in [1.82, 2.24) is 0 Å². The molecule has 0 aromatic carbocycles. The SMILES string of the molecule is CCCCCCCCCCCCCCOCC(C)(OC)OCCOCC[N+](C)(C)C. The van der Waals surface area contributed by atoms with Gasteiger partial charge in [0.2, 0.25) is 0 Å². The molecule has 0 N–H and O–H groups in total. The fourth-order valence-corrected chi connectivity index (χ4v) is 3.22. The summed E-state index contributed by atoms with van der Waals surface area (Å²) in [7, 11) is 8.16. The minimum atomic E-state index is -0.694. The van der Waals surface area contributed by atoms with Gasteiger partial charge in [-0.05, 0) is 13.3 Å². The van der Waals surface area contributed by atoms with Crippen LogP contribution in [0.3, 0.4) is 0 Å². The molecule has 0 saturated carbocycles. The molecule has 30 heavy (non-hydrogen) atoms. The van der Waals surface area contributed by atoms with Crippen LogP contribution in [0.5, 0.6) is 0 Å². The summed E-state index contributed by atoms with van der Waals surface area (Å²) in [5, 5.41) is 0. The predicted molar refractivity (Wildman–Crippen MR) is 127 cm³/mol. The fraction of sp³-hybridized carbons (Fsp3) is 1.00. The van der Waals surface area contributed by atoms with Gasteiger partial charge in [0.1, 0.15) is 13.2 Å². The number of hydrogen-bond acceptors (Lipinski definition) is 4. The third kappa shape index (κ3) is 21.0. The Bertz CT molecular complexity index is 360. The smallest absolute Gasteiger partial charge is 0.188 e. The van der Waals surface area contributed by atoms with Crippen LogP contribution in [-0.2, 0) is 18.9 Å². The number of methoxy groups -OCH3 is 1. The Kier molecular flexibility index (Phi) is 19.4. The third-order valence-electron chi connectivity index (χ3n) is 5.48. The van der Waals surface area contributed by atoms with Crippen LogP contribution in [0, 0.1) is 0 Å². The van der Waals surface area contributed by atoms with Crippen LogP contribution in [0.25, 0.3) is 0 Å². The first-order valence-electron chi connectivity index (χ1n) is 12.5. The number of quaternary nitrogens is 1. The highest BCUT2D eigenvalue weighted by Crippen LogP contribution is 2.14. The van der Waals surface area contributed by atoms with E-state index in [-0.39, 0.29) is 0 Å². The van der Waals surface area contributed by atoms with E-state index in [1.807, 2.05) is 6.92 Å². The van der Waals surface area contributed by atoms with Gasteiger partial charge in [-0.15, -0.1) is 0 Å². The largest absolute Gasteiger partial charge is 0.376 e. The molecule has 1 atom stereocenters. The van der Waals surface area contributed by atoms with Crippen molar-refractivity contribution in [3.8, 4) is 0 Å². The van der Waals surface area contributed by atoms with Gasteiger partial charge in [0.05, 0.1) is 41.0 Å². The summed E-state index contributed by atoms with van der Waals surface area (Å²) in [6.07, 6.45) is 16.3. The maximum Gasteiger partial charge on any atom is 0.188 e. The molecule has 182 valence electrons. The second-order valence-electron chi connectivity index (χ2n) is 9.75. The molecule has 5 heteroatoms. The summed E-state index contributed by atoms with van der Waals surface area (Å²) in [5.74, 6) is -0.694. The lowest BCUT2D eigenvalue weighted by molar-refractivity contribution is -0.870. The molecule has 0 rings (SSSR count). The maximum absolute atomic E-state index is 5.85. The summed E-state index contributed by atoms with van der Waals surface area (Å²) < 4.78 is 23.7. The van der Waals surface area contributed by atoms with E-state index in [4.69, 9.17) is 18.9 Å². The summed E-state index contributed by atoms with van der Waals surface area (Å²) in [6.45, 7) is 8.28. The molecular formula is C25H54NO4+. The van der Waals surface area contributed by atoms with E-state index < -0.39 is 5.79 Å². The zero-order chi connectivity index (χ0) is 22.6. The van der Waals surface area contributed by atoms with Crippen LogP contribution in [0.1, 0.15) is 90.9 Å². The van der Waals surface area contributed by atoms with Crippen molar-refractivity contribution < 1.29 is 23.4 Å². The minimum Gasteiger partial charge on any atom is -0.376 e. The van der Waals surface area contributed by atoms with Crippen LogP contribution in [0.4, 0.5) is 0 Å². The van der Waals surface area contributed by atoms with E-state index in [0.717, 1.165) is 30.7 Å². The molecule has 0 radical (unpaired) electrons. The van der Waals surface area contributed by atoms with Crippen LogP contribution < -0.4 is 0 Å². The van der Waals surface area contributed by atoms with Crippen LogP contribution >= 0.6 is 0 Å². The Morgan fingerprint density at radius 2 is 1.17 bits per heavy atom. The first-order chi connectivity index (χ1) is 14.3. The molecule has 0 spiro atoms. The topological polar surface area (TPSA) is 36.9 Å². The zero-order valence-corrected chi connectivity index (χ0v) is 21.3. The van der Waals surface area contributed by atoms with E-state index in [1.54, 1.807) is 7.11 Å². The van der Waals surface area contributed by atoms with Gasteiger partial charge in [-0.1, -0.05) is 77.6 Å². The minimum absolute atomic E-state index is 0.459. The molecule has 0 aliphatic rings. The Hall–Kier alpha value is -0.200. The van der Waals surface area contributed by atoms with Gasteiger partial charge in [0, 0.05) is 13.7 Å². The Labute approximate surface area is 188 Å². The second kappa shape index (κ2) is 19.5. The Balaban J connectivity index is 3.48. The van der Waals surface area contributed by atoms with E-state index in [1.165, 1.54) is 70.6 Å². The number of unbranched alkanes of at least 4 members (excludes halogenated alkanes) is 11. The van der Waals surface area contributed by atoms with Gasteiger partial charge in [-0.2, -0.15) is 0 Å². The summed E-state index contributed by atoms with van der Waals surface area (Å²) in [6, 6.07) is 0. The molecule has 1 unspecified atom stereocenters. The Morgan fingerprint density at radius 3 is 1.67 bits per heavy atom. The van der Waals surface area contributed by atoms with Crippen LogP contribution in [0.15, 0.2) is 0 Å².